The van der Waals surface area contributed by atoms with Crippen LogP contribution in [0, 0.1) is 0 Å². The van der Waals surface area contributed by atoms with Gasteiger partial charge in [-0.15, -0.1) is 0 Å². The predicted molar refractivity (Wildman–Crippen MR) is 97.0 cm³/mol. The van der Waals surface area contributed by atoms with Crippen molar-refractivity contribution in [2.24, 2.45) is 0 Å². The van der Waals surface area contributed by atoms with Crippen molar-refractivity contribution in [3.8, 4) is 0 Å². The van der Waals surface area contributed by atoms with Gasteiger partial charge in [0.05, 0.1) is 11.0 Å². The maximum Gasteiger partial charge on any atom is 0.420 e. The number of nitrogens with zero attached hydrogens (tertiary/aromatic N) is 2. The molecule has 2 aromatic heterocycles. The summed E-state index contributed by atoms with van der Waals surface area (Å²) in [6.45, 7) is -0.269. The molecule has 4 aromatic rings. The second-order valence-electron chi connectivity index (χ2n) is 5.71. The van der Waals surface area contributed by atoms with Gasteiger partial charge in [0.25, 0.3) is 0 Å². The first kappa shape index (κ1) is 16.4. The van der Waals surface area contributed by atoms with Crippen molar-refractivity contribution in [2.75, 3.05) is 0 Å². The Hall–Kier alpha value is -3.12. The lowest BCUT2D eigenvalue weighted by atomic mass is 10.2. The van der Waals surface area contributed by atoms with Crippen LogP contribution in [0.4, 0.5) is 0 Å². The third-order valence-corrected chi connectivity index (χ3v) is 4.33. The zero-order valence-corrected chi connectivity index (χ0v) is 14.3. The number of carbonyl (C=O) groups is 1. The molecule has 6 nitrogen and oxygen atoms in total. The van der Waals surface area contributed by atoms with Gasteiger partial charge < -0.3 is 9.15 Å². The lowest BCUT2D eigenvalue weighted by Crippen LogP contribution is -2.21. The van der Waals surface area contributed by atoms with Crippen LogP contribution < -0.4 is 5.76 Å². The largest absolute Gasteiger partial charge is 0.459 e. The van der Waals surface area contributed by atoms with Crippen molar-refractivity contribution in [1.29, 1.82) is 0 Å². The standard InChI is InChI=1S/C19H13ClN2O4/c20-18-13(9-12-5-1-2-6-14(12)21-18)11-25-17(23)10-22-15-7-3-4-8-16(15)26-19(22)24/h1-9H,10-11H2. The van der Waals surface area contributed by atoms with Crippen LogP contribution in [-0.4, -0.2) is 15.5 Å². The first-order chi connectivity index (χ1) is 12.6. The van der Waals surface area contributed by atoms with Crippen molar-refractivity contribution >= 4 is 39.6 Å². The molecule has 0 fully saturated rings. The third kappa shape index (κ3) is 3.07. The van der Waals surface area contributed by atoms with Crippen molar-refractivity contribution in [1.82, 2.24) is 9.55 Å². The highest BCUT2D eigenvalue weighted by Gasteiger charge is 2.14. The molecule has 0 aliphatic heterocycles. The highest BCUT2D eigenvalue weighted by molar-refractivity contribution is 6.30. The molecule has 2 aromatic carbocycles. The average molecular weight is 369 g/mol. The van der Waals surface area contributed by atoms with Crippen molar-refractivity contribution in [2.45, 2.75) is 13.2 Å². The molecule has 130 valence electrons. The lowest BCUT2D eigenvalue weighted by Gasteiger charge is -2.08. The number of pyridine rings is 1. The van der Waals surface area contributed by atoms with E-state index in [1.165, 1.54) is 4.57 Å². The van der Waals surface area contributed by atoms with Crippen LogP contribution in [0.5, 0.6) is 0 Å². The monoisotopic (exact) mass is 368 g/mol. The minimum Gasteiger partial charge on any atom is -0.459 e. The number of ether oxygens (including phenoxy) is 1. The van der Waals surface area contributed by atoms with Crippen LogP contribution >= 0.6 is 11.6 Å². The number of esters is 1. The highest BCUT2D eigenvalue weighted by atomic mass is 35.5. The lowest BCUT2D eigenvalue weighted by molar-refractivity contribution is -0.145. The van der Waals surface area contributed by atoms with Crippen LogP contribution in [0.25, 0.3) is 22.0 Å². The molecule has 0 radical (unpaired) electrons. The molecule has 4 rings (SSSR count). The molecule has 7 heteroatoms. The number of carbonyl (C=O) groups excluding carboxylic acids is 1. The molecule has 0 amide bonds. The Morgan fingerprint density at radius 1 is 1.15 bits per heavy atom. The van der Waals surface area contributed by atoms with Gasteiger partial charge in [-0.25, -0.2) is 9.78 Å². The minimum absolute atomic E-state index is 0.0277. The number of benzene rings is 2. The predicted octanol–water partition coefficient (Wildman–Crippen LogP) is 3.54. The van der Waals surface area contributed by atoms with Gasteiger partial charge in [0.1, 0.15) is 18.3 Å². The summed E-state index contributed by atoms with van der Waals surface area (Å²) >= 11 is 6.16. The topological polar surface area (TPSA) is 74.3 Å². The number of rotatable bonds is 4. The average Bonchev–Trinajstić information content (AvgIpc) is 2.95. The first-order valence-electron chi connectivity index (χ1n) is 7.90. The molecular formula is C19H13ClN2O4. The minimum atomic E-state index is -0.603. The van der Waals surface area contributed by atoms with E-state index in [1.807, 2.05) is 30.3 Å². The smallest absolute Gasteiger partial charge is 0.420 e. The van der Waals surface area contributed by atoms with Crippen LogP contribution in [0.15, 0.2) is 63.8 Å². The normalized spacial score (nSPS) is 11.1. The van der Waals surface area contributed by atoms with Crippen LogP contribution in [0.1, 0.15) is 5.56 Å². The van der Waals surface area contributed by atoms with E-state index in [0.717, 1.165) is 10.9 Å². The van der Waals surface area contributed by atoms with Crippen molar-refractivity contribution in [3.63, 3.8) is 0 Å². The third-order valence-electron chi connectivity index (χ3n) is 4.00. The fourth-order valence-corrected chi connectivity index (χ4v) is 2.93. The Labute approximate surface area is 152 Å². The summed E-state index contributed by atoms with van der Waals surface area (Å²) < 4.78 is 11.6. The number of oxazole rings is 1. The van der Waals surface area contributed by atoms with Gasteiger partial charge in [0.15, 0.2) is 5.58 Å². The van der Waals surface area contributed by atoms with Gasteiger partial charge in [-0.05, 0) is 24.3 Å². The number of halogens is 1. The van der Waals surface area contributed by atoms with E-state index in [4.69, 9.17) is 20.8 Å². The first-order valence-corrected chi connectivity index (χ1v) is 8.28. The molecule has 2 heterocycles. The van der Waals surface area contributed by atoms with Gasteiger partial charge >= 0.3 is 11.7 Å². The van der Waals surface area contributed by atoms with Gasteiger partial charge in [0, 0.05) is 10.9 Å². The van der Waals surface area contributed by atoms with E-state index < -0.39 is 11.7 Å². The maximum atomic E-state index is 12.2. The number of para-hydroxylation sites is 3. The molecule has 0 saturated heterocycles. The maximum absolute atomic E-state index is 12.2. The molecule has 0 spiro atoms. The molecule has 26 heavy (non-hydrogen) atoms. The van der Waals surface area contributed by atoms with Crippen molar-refractivity contribution < 1.29 is 13.9 Å². The van der Waals surface area contributed by atoms with Crippen molar-refractivity contribution in [3.05, 3.63) is 75.9 Å². The van der Waals surface area contributed by atoms with Crippen LogP contribution in [-0.2, 0) is 22.7 Å². The molecule has 0 N–H and O–H groups in total. The molecule has 0 aliphatic carbocycles. The molecule has 0 aliphatic rings. The summed E-state index contributed by atoms with van der Waals surface area (Å²) in [6.07, 6.45) is 0. The molecule has 0 saturated carbocycles. The summed E-state index contributed by atoms with van der Waals surface area (Å²) in [4.78, 5) is 28.4. The Morgan fingerprint density at radius 2 is 1.92 bits per heavy atom. The number of fused-ring (bicyclic) bond motifs is 2. The van der Waals surface area contributed by atoms with Crippen LogP contribution in [0.2, 0.25) is 5.15 Å². The van der Waals surface area contributed by atoms with Gasteiger partial charge in [-0.3, -0.25) is 9.36 Å². The highest BCUT2D eigenvalue weighted by Crippen LogP contribution is 2.21. The fourth-order valence-electron chi connectivity index (χ4n) is 2.73. The second-order valence-corrected chi connectivity index (χ2v) is 6.07. The Bertz CT molecular complexity index is 1180. The van der Waals surface area contributed by atoms with Gasteiger partial charge in [-0.1, -0.05) is 41.9 Å². The van der Waals surface area contributed by atoms with Gasteiger partial charge in [-0.2, -0.15) is 0 Å². The number of aromatic nitrogens is 2. The summed E-state index contributed by atoms with van der Waals surface area (Å²) in [5.41, 5.74) is 2.33. The summed E-state index contributed by atoms with van der Waals surface area (Å²) in [5, 5.41) is 1.18. The number of hydrogen-bond acceptors (Lipinski definition) is 5. The van der Waals surface area contributed by atoms with E-state index >= 15 is 0 Å². The zero-order chi connectivity index (χ0) is 18.1. The SMILES string of the molecule is O=C(Cn1c(=O)oc2ccccc21)OCc1cc2ccccc2nc1Cl. The molecule has 0 atom stereocenters. The summed E-state index contributed by atoms with van der Waals surface area (Å²) in [6, 6.07) is 16.2. The Kier molecular flexibility index (Phi) is 4.18. The molecule has 0 bridgehead atoms. The van der Waals surface area contributed by atoms with E-state index in [9.17, 15) is 9.59 Å². The van der Waals surface area contributed by atoms with E-state index in [-0.39, 0.29) is 18.3 Å². The summed E-state index contributed by atoms with van der Waals surface area (Å²) in [7, 11) is 0. The fraction of sp³-hybridized carbons (Fsp3) is 0.105. The van der Waals surface area contributed by atoms with E-state index in [1.54, 1.807) is 24.3 Å². The number of hydrogen-bond donors (Lipinski definition) is 0. The quantitative estimate of drug-likeness (QED) is 0.407. The molecular weight excluding hydrogens is 356 g/mol. The van der Waals surface area contributed by atoms with Crippen LogP contribution in [0.3, 0.4) is 0 Å². The van der Waals surface area contributed by atoms with Gasteiger partial charge in [0.2, 0.25) is 0 Å². The zero-order valence-electron chi connectivity index (χ0n) is 13.5. The molecule has 0 unspecified atom stereocenters. The Balaban J connectivity index is 1.51. The second kappa shape index (κ2) is 6.65. The van der Waals surface area contributed by atoms with E-state index in [0.29, 0.717) is 16.7 Å². The Morgan fingerprint density at radius 3 is 2.81 bits per heavy atom. The van der Waals surface area contributed by atoms with E-state index in [2.05, 4.69) is 4.98 Å². The summed E-state index contributed by atoms with van der Waals surface area (Å²) in [5.74, 6) is -1.17.